The first-order valence-electron chi connectivity index (χ1n) is 10.7. The van der Waals surface area contributed by atoms with Gasteiger partial charge in [-0.05, 0) is 54.3 Å². The van der Waals surface area contributed by atoms with E-state index >= 15 is 0 Å². The summed E-state index contributed by atoms with van der Waals surface area (Å²) in [7, 11) is 0. The Morgan fingerprint density at radius 2 is 1.70 bits per heavy atom. The van der Waals surface area contributed by atoms with Crippen LogP contribution in [0.5, 0.6) is 0 Å². The lowest BCUT2D eigenvalue weighted by molar-refractivity contribution is -0.132. The van der Waals surface area contributed by atoms with Gasteiger partial charge in [0.05, 0.1) is 0 Å². The minimum absolute atomic E-state index is 0.439. The summed E-state index contributed by atoms with van der Waals surface area (Å²) in [5.41, 5.74) is 5.05. The molecule has 0 saturated carbocycles. The number of aliphatic hydroxyl groups excluding tert-OH is 1. The Morgan fingerprint density at radius 1 is 0.970 bits per heavy atom. The molecule has 2 unspecified atom stereocenters. The van der Waals surface area contributed by atoms with E-state index in [-0.39, 0.29) is 0 Å². The number of aliphatic hydroxyl groups is 1. The number of aryl methyl sites for hydroxylation is 2. The van der Waals surface area contributed by atoms with E-state index in [1.807, 2.05) is 50.2 Å². The van der Waals surface area contributed by atoms with E-state index in [1.165, 1.54) is 0 Å². The molecule has 0 aliphatic carbocycles. The predicted molar refractivity (Wildman–Crippen MR) is 125 cm³/mol. The molecule has 3 aromatic rings. The van der Waals surface area contributed by atoms with Crippen molar-refractivity contribution in [1.29, 1.82) is 0 Å². The lowest BCUT2D eigenvalue weighted by Gasteiger charge is -2.18. The first kappa shape index (κ1) is 22.2. The summed E-state index contributed by atoms with van der Waals surface area (Å²) in [5, 5.41) is 16.1. The zero-order valence-corrected chi connectivity index (χ0v) is 18.4. The first-order valence-corrected chi connectivity index (χ1v) is 10.7. The SMILES string of the molecule is Cc1ccc(-c2cccc(C(O)C3NC(=O)N(CC(=O)Nc4cccc(C)c4)C3=O)c2)cc1. The molecule has 1 heterocycles. The summed E-state index contributed by atoms with van der Waals surface area (Å²) in [6.07, 6.45) is -1.25. The van der Waals surface area contributed by atoms with Crippen molar-refractivity contribution in [3.8, 4) is 11.1 Å². The number of benzene rings is 3. The van der Waals surface area contributed by atoms with Crippen molar-refractivity contribution in [2.24, 2.45) is 0 Å². The Kier molecular flexibility index (Phi) is 6.24. The molecule has 3 N–H and O–H groups in total. The smallest absolute Gasteiger partial charge is 0.325 e. The Balaban J connectivity index is 1.46. The molecule has 7 nitrogen and oxygen atoms in total. The van der Waals surface area contributed by atoms with Crippen LogP contribution in [0, 0.1) is 13.8 Å². The zero-order chi connectivity index (χ0) is 23.5. The number of anilines is 1. The number of hydrogen-bond donors (Lipinski definition) is 3. The monoisotopic (exact) mass is 443 g/mol. The van der Waals surface area contributed by atoms with E-state index in [0.717, 1.165) is 27.2 Å². The fourth-order valence-electron chi connectivity index (χ4n) is 3.81. The van der Waals surface area contributed by atoms with Gasteiger partial charge in [0.25, 0.3) is 5.91 Å². The van der Waals surface area contributed by atoms with Crippen LogP contribution in [-0.4, -0.2) is 40.4 Å². The van der Waals surface area contributed by atoms with Crippen LogP contribution in [0.4, 0.5) is 10.5 Å². The van der Waals surface area contributed by atoms with Crippen LogP contribution in [0.2, 0.25) is 0 Å². The maximum absolute atomic E-state index is 12.9. The summed E-state index contributed by atoms with van der Waals surface area (Å²) in [4.78, 5) is 38.5. The van der Waals surface area contributed by atoms with Crippen LogP contribution in [0.1, 0.15) is 22.8 Å². The molecule has 1 saturated heterocycles. The second-order valence-corrected chi connectivity index (χ2v) is 8.21. The van der Waals surface area contributed by atoms with Gasteiger partial charge >= 0.3 is 6.03 Å². The number of rotatable bonds is 6. The molecule has 3 aromatic carbocycles. The highest BCUT2D eigenvalue weighted by molar-refractivity contribution is 6.08. The number of hydrogen-bond acceptors (Lipinski definition) is 4. The fraction of sp³-hybridized carbons (Fsp3) is 0.192. The van der Waals surface area contributed by atoms with Gasteiger partial charge < -0.3 is 15.7 Å². The van der Waals surface area contributed by atoms with E-state index < -0.39 is 36.5 Å². The molecule has 4 rings (SSSR count). The third-order valence-corrected chi connectivity index (χ3v) is 5.59. The van der Waals surface area contributed by atoms with Gasteiger partial charge in [0, 0.05) is 5.69 Å². The van der Waals surface area contributed by atoms with E-state index in [0.29, 0.717) is 11.3 Å². The summed E-state index contributed by atoms with van der Waals surface area (Å²) >= 11 is 0. The van der Waals surface area contributed by atoms with Crippen molar-refractivity contribution >= 4 is 23.5 Å². The average molecular weight is 444 g/mol. The van der Waals surface area contributed by atoms with E-state index in [4.69, 9.17) is 0 Å². The van der Waals surface area contributed by atoms with Crippen molar-refractivity contribution in [2.75, 3.05) is 11.9 Å². The lowest BCUT2D eigenvalue weighted by atomic mass is 9.97. The maximum atomic E-state index is 12.9. The Hall–Kier alpha value is -3.97. The number of nitrogens with one attached hydrogen (secondary N) is 2. The first-order chi connectivity index (χ1) is 15.8. The molecule has 0 spiro atoms. The minimum atomic E-state index is -1.25. The van der Waals surface area contributed by atoms with Gasteiger partial charge in [-0.2, -0.15) is 0 Å². The van der Waals surface area contributed by atoms with Crippen LogP contribution < -0.4 is 10.6 Å². The van der Waals surface area contributed by atoms with Gasteiger partial charge in [-0.15, -0.1) is 0 Å². The maximum Gasteiger partial charge on any atom is 0.325 e. The van der Waals surface area contributed by atoms with Gasteiger partial charge in [0.2, 0.25) is 5.91 Å². The standard InChI is InChI=1S/C26H25N3O4/c1-16-9-11-18(12-10-16)19-6-4-7-20(14-19)24(31)23-25(32)29(26(33)28-23)15-22(30)27-21-8-3-5-17(2)13-21/h3-14,23-24,31H,15H2,1-2H3,(H,27,30)(H,28,33). The third-order valence-electron chi connectivity index (χ3n) is 5.59. The van der Waals surface area contributed by atoms with E-state index in [2.05, 4.69) is 10.6 Å². The molecule has 0 radical (unpaired) electrons. The second-order valence-electron chi connectivity index (χ2n) is 8.21. The highest BCUT2D eigenvalue weighted by atomic mass is 16.3. The van der Waals surface area contributed by atoms with Crippen LogP contribution in [0.25, 0.3) is 11.1 Å². The molecule has 1 aliphatic heterocycles. The van der Waals surface area contributed by atoms with Gasteiger partial charge in [-0.1, -0.05) is 60.2 Å². The van der Waals surface area contributed by atoms with E-state index in [1.54, 1.807) is 36.4 Å². The largest absolute Gasteiger partial charge is 0.386 e. The number of carbonyl (C=O) groups excluding carboxylic acids is 3. The molecule has 168 valence electrons. The number of carbonyl (C=O) groups is 3. The highest BCUT2D eigenvalue weighted by Crippen LogP contribution is 2.27. The fourth-order valence-corrected chi connectivity index (χ4v) is 3.81. The molecule has 4 amide bonds. The van der Waals surface area contributed by atoms with Gasteiger partial charge in [0.1, 0.15) is 18.7 Å². The number of imide groups is 1. The summed E-state index contributed by atoms with van der Waals surface area (Å²) in [6.45, 7) is 3.46. The van der Waals surface area contributed by atoms with Gasteiger partial charge in [-0.3, -0.25) is 14.5 Å². The topological polar surface area (TPSA) is 98.7 Å². The Labute approximate surface area is 192 Å². The molecule has 0 aromatic heterocycles. The van der Waals surface area contributed by atoms with Gasteiger partial charge in [0.15, 0.2) is 0 Å². The zero-order valence-electron chi connectivity index (χ0n) is 18.4. The van der Waals surface area contributed by atoms with Crippen LogP contribution >= 0.6 is 0 Å². The van der Waals surface area contributed by atoms with Crippen molar-refractivity contribution in [1.82, 2.24) is 10.2 Å². The predicted octanol–water partition coefficient (Wildman–Crippen LogP) is 3.56. The van der Waals surface area contributed by atoms with Gasteiger partial charge in [-0.25, -0.2) is 4.79 Å². The van der Waals surface area contributed by atoms with Crippen molar-refractivity contribution < 1.29 is 19.5 Å². The molecule has 1 aliphatic rings. The second kappa shape index (κ2) is 9.26. The Morgan fingerprint density at radius 3 is 2.42 bits per heavy atom. The summed E-state index contributed by atoms with van der Waals surface area (Å²) in [5.74, 6) is -1.15. The molecule has 2 atom stereocenters. The summed E-state index contributed by atoms with van der Waals surface area (Å²) < 4.78 is 0. The van der Waals surface area contributed by atoms with Crippen LogP contribution in [-0.2, 0) is 9.59 Å². The molecule has 1 fully saturated rings. The van der Waals surface area contributed by atoms with Crippen molar-refractivity contribution in [3.63, 3.8) is 0 Å². The number of amides is 4. The third kappa shape index (κ3) is 4.94. The van der Waals surface area contributed by atoms with Crippen molar-refractivity contribution in [3.05, 3.63) is 89.5 Å². The number of urea groups is 1. The Bertz CT molecular complexity index is 1210. The normalized spacial score (nSPS) is 16.5. The highest BCUT2D eigenvalue weighted by Gasteiger charge is 2.43. The lowest BCUT2D eigenvalue weighted by Crippen LogP contribution is -2.39. The molecular weight excluding hydrogens is 418 g/mol. The molecule has 33 heavy (non-hydrogen) atoms. The van der Waals surface area contributed by atoms with Crippen LogP contribution in [0.3, 0.4) is 0 Å². The molecule has 0 bridgehead atoms. The molecular formula is C26H25N3O4. The van der Waals surface area contributed by atoms with Crippen LogP contribution in [0.15, 0.2) is 72.8 Å². The quantitative estimate of drug-likeness (QED) is 0.507. The number of nitrogens with zero attached hydrogens (tertiary/aromatic N) is 1. The summed E-state index contributed by atoms with van der Waals surface area (Å²) in [6, 6.07) is 20.5. The van der Waals surface area contributed by atoms with Crippen molar-refractivity contribution in [2.45, 2.75) is 26.0 Å². The van der Waals surface area contributed by atoms with E-state index in [9.17, 15) is 19.5 Å². The molecule has 7 heteroatoms. The average Bonchev–Trinajstić information content (AvgIpc) is 3.07. The minimum Gasteiger partial charge on any atom is -0.386 e.